The van der Waals surface area contributed by atoms with Crippen molar-refractivity contribution in [2.45, 2.75) is 38.8 Å². The minimum absolute atomic E-state index is 0. The number of carbonyl (C=O) groups excluding carboxylic acids is 2. The van der Waals surface area contributed by atoms with Gasteiger partial charge in [-0.25, -0.2) is 0 Å². The number of primary amides is 1. The highest BCUT2D eigenvalue weighted by molar-refractivity contribution is 5.99. The molecule has 1 aromatic carbocycles. The van der Waals surface area contributed by atoms with Crippen LogP contribution < -0.4 is 21.5 Å². The van der Waals surface area contributed by atoms with Crippen LogP contribution in [0.5, 0.6) is 5.75 Å². The Hall–Kier alpha value is -1.83. The van der Waals surface area contributed by atoms with Gasteiger partial charge in [-0.1, -0.05) is 19.9 Å². The van der Waals surface area contributed by atoms with Crippen LogP contribution in [0.15, 0.2) is 24.3 Å². The topological polar surface area (TPSA) is 117 Å². The fourth-order valence-corrected chi connectivity index (χ4v) is 2.88. The molecular weight excluding hydrogens is 346 g/mol. The number of nitrogens with one attached hydrogen (secondary N) is 1. The van der Waals surface area contributed by atoms with Crippen molar-refractivity contribution in [2.75, 3.05) is 18.5 Å². The zero-order valence-electron chi connectivity index (χ0n) is 14.7. The highest BCUT2D eigenvalue weighted by atomic mass is 35.5. The summed E-state index contributed by atoms with van der Waals surface area (Å²) in [7, 11) is 0. The van der Waals surface area contributed by atoms with E-state index >= 15 is 0 Å². The molecule has 2 rings (SSSR count). The molecule has 0 saturated heterocycles. The van der Waals surface area contributed by atoms with Crippen molar-refractivity contribution in [3.8, 4) is 5.75 Å². The maximum absolute atomic E-state index is 12.7. The van der Waals surface area contributed by atoms with E-state index in [0.717, 1.165) is 0 Å². The van der Waals surface area contributed by atoms with E-state index in [0.29, 0.717) is 24.5 Å². The van der Waals surface area contributed by atoms with Crippen LogP contribution in [0.4, 0.5) is 5.69 Å². The Labute approximate surface area is 153 Å². The normalized spacial score (nSPS) is 23.8. The van der Waals surface area contributed by atoms with Crippen molar-refractivity contribution >= 4 is 29.9 Å². The van der Waals surface area contributed by atoms with Gasteiger partial charge in [0.15, 0.2) is 6.61 Å². The minimum Gasteiger partial charge on any atom is -0.484 e. The second-order valence-corrected chi connectivity index (χ2v) is 6.58. The van der Waals surface area contributed by atoms with E-state index in [1.807, 2.05) is 20.8 Å². The second kappa shape index (κ2) is 8.03. The predicted octanol–water partition coefficient (Wildman–Crippen LogP) is 1.44. The third-order valence-electron chi connectivity index (χ3n) is 4.71. The predicted molar refractivity (Wildman–Crippen MR) is 97.7 cm³/mol. The molecule has 1 aliphatic rings. The number of amides is 2. The highest BCUT2D eigenvalue weighted by Gasteiger charge is 2.62. The third-order valence-corrected chi connectivity index (χ3v) is 4.71. The highest BCUT2D eigenvalue weighted by Crippen LogP contribution is 2.50. The maximum atomic E-state index is 12.7. The van der Waals surface area contributed by atoms with Crippen molar-refractivity contribution in [1.29, 1.82) is 0 Å². The maximum Gasteiger partial charge on any atom is 0.255 e. The number of rotatable bonds is 7. The molecule has 0 radical (unpaired) electrons. The first-order valence-electron chi connectivity index (χ1n) is 7.94. The summed E-state index contributed by atoms with van der Waals surface area (Å²) < 4.78 is 10.9. The minimum atomic E-state index is -1.00. The number of benzene rings is 1. The largest absolute Gasteiger partial charge is 0.484 e. The summed E-state index contributed by atoms with van der Waals surface area (Å²) >= 11 is 0. The van der Waals surface area contributed by atoms with Gasteiger partial charge in [0.2, 0.25) is 5.91 Å². The van der Waals surface area contributed by atoms with Crippen LogP contribution in [-0.4, -0.2) is 36.7 Å². The number of carbonyl (C=O) groups is 2. The van der Waals surface area contributed by atoms with E-state index in [-0.39, 0.29) is 31.0 Å². The Balaban J connectivity index is 0.00000312. The first kappa shape index (κ1) is 21.2. The van der Waals surface area contributed by atoms with E-state index < -0.39 is 16.9 Å². The Bertz CT molecular complexity index is 638. The van der Waals surface area contributed by atoms with E-state index in [9.17, 15) is 9.59 Å². The lowest BCUT2D eigenvalue weighted by atomic mass is 9.54. The number of hydrogen-bond acceptors (Lipinski definition) is 5. The van der Waals surface area contributed by atoms with Crippen LogP contribution in [0, 0.1) is 5.41 Å². The molecule has 1 aliphatic carbocycles. The molecule has 5 N–H and O–H groups in total. The van der Waals surface area contributed by atoms with Crippen molar-refractivity contribution in [3.05, 3.63) is 24.3 Å². The summed E-state index contributed by atoms with van der Waals surface area (Å²) in [5.41, 5.74) is 10.5. The summed E-state index contributed by atoms with van der Waals surface area (Å²) in [6.07, 6.45) is 0.431. The molecule has 2 atom stereocenters. The van der Waals surface area contributed by atoms with Gasteiger partial charge in [-0.15, -0.1) is 12.4 Å². The first-order chi connectivity index (χ1) is 11.2. The summed E-state index contributed by atoms with van der Waals surface area (Å²) in [6, 6.07) is 6.74. The first-order valence-corrected chi connectivity index (χ1v) is 7.94. The lowest BCUT2D eigenvalue weighted by Crippen LogP contribution is -2.74. The molecule has 2 unspecified atom stereocenters. The smallest absolute Gasteiger partial charge is 0.255 e. The van der Waals surface area contributed by atoms with E-state index in [4.69, 9.17) is 20.9 Å². The number of hydrogen-bond donors (Lipinski definition) is 3. The molecule has 0 aliphatic heterocycles. The Morgan fingerprint density at radius 3 is 2.60 bits per heavy atom. The Morgan fingerprint density at radius 2 is 2.04 bits per heavy atom. The van der Waals surface area contributed by atoms with Crippen molar-refractivity contribution in [2.24, 2.45) is 16.9 Å². The van der Waals surface area contributed by atoms with Gasteiger partial charge in [0.1, 0.15) is 11.3 Å². The van der Waals surface area contributed by atoms with Crippen molar-refractivity contribution in [1.82, 2.24) is 0 Å². The molecule has 140 valence electrons. The van der Waals surface area contributed by atoms with Crippen molar-refractivity contribution in [3.63, 3.8) is 0 Å². The van der Waals surface area contributed by atoms with Crippen LogP contribution in [0.2, 0.25) is 0 Å². The SMILES string of the molecule is CCOC1CC(N)(C(=O)Nc2cccc(OCC(N)=O)c2)C1(C)C.Cl. The van der Waals surface area contributed by atoms with E-state index in [2.05, 4.69) is 5.32 Å². The fraction of sp³-hybridized carbons (Fsp3) is 0.529. The van der Waals surface area contributed by atoms with Gasteiger partial charge in [0.25, 0.3) is 5.91 Å². The van der Waals surface area contributed by atoms with Crippen LogP contribution in [0.1, 0.15) is 27.2 Å². The zero-order chi connectivity index (χ0) is 18.0. The van der Waals surface area contributed by atoms with Gasteiger partial charge in [0, 0.05) is 30.2 Å². The molecule has 1 fully saturated rings. The van der Waals surface area contributed by atoms with Crippen LogP contribution in [-0.2, 0) is 14.3 Å². The second-order valence-electron chi connectivity index (χ2n) is 6.58. The summed E-state index contributed by atoms with van der Waals surface area (Å²) in [5.74, 6) is -0.392. The number of nitrogens with two attached hydrogens (primary N) is 2. The van der Waals surface area contributed by atoms with Gasteiger partial charge in [0.05, 0.1) is 6.10 Å². The molecule has 1 aromatic rings. The average molecular weight is 372 g/mol. The van der Waals surface area contributed by atoms with Gasteiger partial charge in [-0.2, -0.15) is 0 Å². The number of halogens is 1. The van der Waals surface area contributed by atoms with E-state index in [1.165, 1.54) is 0 Å². The van der Waals surface area contributed by atoms with Crippen LogP contribution in [0.25, 0.3) is 0 Å². The van der Waals surface area contributed by atoms with Gasteiger partial charge in [-0.05, 0) is 19.1 Å². The molecular formula is C17H26ClN3O4. The Kier molecular flexibility index (Phi) is 6.82. The van der Waals surface area contributed by atoms with Gasteiger partial charge >= 0.3 is 0 Å². The molecule has 8 heteroatoms. The number of ether oxygens (including phenoxy) is 2. The molecule has 0 heterocycles. The zero-order valence-corrected chi connectivity index (χ0v) is 15.5. The average Bonchev–Trinajstić information content (AvgIpc) is 2.52. The molecule has 0 spiro atoms. The molecule has 0 bridgehead atoms. The van der Waals surface area contributed by atoms with Crippen LogP contribution in [0.3, 0.4) is 0 Å². The Morgan fingerprint density at radius 1 is 1.36 bits per heavy atom. The van der Waals surface area contributed by atoms with Crippen LogP contribution >= 0.6 is 12.4 Å². The molecule has 0 aromatic heterocycles. The molecule has 1 saturated carbocycles. The van der Waals surface area contributed by atoms with Gasteiger partial charge < -0.3 is 26.3 Å². The number of anilines is 1. The summed E-state index contributed by atoms with van der Waals surface area (Å²) in [4.78, 5) is 23.4. The fourth-order valence-electron chi connectivity index (χ4n) is 2.88. The third kappa shape index (κ3) is 4.23. The standard InChI is InChI=1S/C17H25N3O4.ClH/c1-4-23-13-9-17(19,16(13,2)3)15(22)20-11-6-5-7-12(8-11)24-10-14(18)21;/h5-8,13H,4,9-10,19H2,1-3H3,(H2,18,21)(H,20,22);1H. The lowest BCUT2D eigenvalue weighted by Gasteiger charge is -2.57. The van der Waals surface area contributed by atoms with E-state index in [1.54, 1.807) is 24.3 Å². The molecule has 7 nitrogen and oxygen atoms in total. The summed E-state index contributed by atoms with van der Waals surface area (Å²) in [5, 5.41) is 2.82. The quantitative estimate of drug-likeness (QED) is 0.670. The van der Waals surface area contributed by atoms with Gasteiger partial charge in [-0.3, -0.25) is 9.59 Å². The lowest BCUT2D eigenvalue weighted by molar-refractivity contribution is -0.166. The summed E-state index contributed by atoms with van der Waals surface area (Å²) in [6.45, 7) is 6.15. The van der Waals surface area contributed by atoms with Crippen molar-refractivity contribution < 1.29 is 19.1 Å². The molecule has 25 heavy (non-hydrogen) atoms. The monoisotopic (exact) mass is 371 g/mol. The molecule has 2 amide bonds.